The first-order chi connectivity index (χ1) is 11.9. The predicted octanol–water partition coefficient (Wildman–Crippen LogP) is 3.88. The number of benzene rings is 3. The minimum absolute atomic E-state index is 0.741. The predicted molar refractivity (Wildman–Crippen MR) is 94.7 cm³/mol. The third kappa shape index (κ3) is 2.97. The van der Waals surface area contributed by atoms with Crippen molar-refractivity contribution in [3.63, 3.8) is 0 Å². The van der Waals surface area contributed by atoms with Gasteiger partial charge < -0.3 is 0 Å². The minimum atomic E-state index is 0.741. The summed E-state index contributed by atoms with van der Waals surface area (Å²) in [5, 5.41) is 4.79. The highest BCUT2D eigenvalue weighted by molar-refractivity contribution is 5.55. The van der Waals surface area contributed by atoms with Crippen LogP contribution in [0.15, 0.2) is 97.2 Å². The summed E-state index contributed by atoms with van der Waals surface area (Å²) in [6.45, 7) is 0.741. The molecule has 0 saturated carbocycles. The highest BCUT2D eigenvalue weighted by atomic mass is 15.5. The molecule has 116 valence electrons. The number of aromatic nitrogens is 3. The van der Waals surface area contributed by atoms with Gasteiger partial charge >= 0.3 is 0 Å². The fourth-order valence-electron chi connectivity index (χ4n) is 2.79. The van der Waals surface area contributed by atoms with Crippen molar-refractivity contribution in [1.82, 2.24) is 9.90 Å². The minimum Gasteiger partial charge on any atom is -0.124 e. The van der Waals surface area contributed by atoms with Crippen molar-refractivity contribution in [1.29, 1.82) is 0 Å². The maximum atomic E-state index is 4.79. The summed E-state index contributed by atoms with van der Waals surface area (Å²) >= 11 is 0. The first kappa shape index (κ1) is 14.4. The molecule has 1 heterocycles. The third-order valence-electron chi connectivity index (χ3n) is 3.99. The molecule has 0 aliphatic carbocycles. The van der Waals surface area contributed by atoms with E-state index in [1.165, 1.54) is 5.56 Å². The number of hydrogen-bond donors (Lipinski definition) is 0. The summed E-state index contributed by atoms with van der Waals surface area (Å²) < 4.78 is 3.99. The third-order valence-corrected chi connectivity index (χ3v) is 3.99. The first-order valence-corrected chi connectivity index (χ1v) is 8.05. The molecule has 0 fully saturated rings. The second kappa shape index (κ2) is 6.50. The van der Waals surface area contributed by atoms with E-state index < -0.39 is 0 Å². The Morgan fingerprint density at radius 1 is 0.708 bits per heavy atom. The van der Waals surface area contributed by atoms with Gasteiger partial charge in [0, 0.05) is 5.56 Å². The van der Waals surface area contributed by atoms with Gasteiger partial charge in [0.2, 0.25) is 0 Å². The van der Waals surface area contributed by atoms with Gasteiger partial charge in [-0.2, -0.15) is 0 Å². The van der Waals surface area contributed by atoms with Crippen LogP contribution in [0.5, 0.6) is 0 Å². The Morgan fingerprint density at radius 3 is 1.96 bits per heavy atom. The van der Waals surface area contributed by atoms with Gasteiger partial charge in [-0.05, 0) is 17.7 Å². The molecule has 1 aromatic heterocycles. The summed E-state index contributed by atoms with van der Waals surface area (Å²) in [5.74, 6) is 0. The van der Waals surface area contributed by atoms with Gasteiger partial charge in [0.05, 0.1) is 5.21 Å². The molecular weight excluding hydrogens is 294 g/mol. The van der Waals surface area contributed by atoms with Crippen LogP contribution >= 0.6 is 0 Å². The van der Waals surface area contributed by atoms with Crippen LogP contribution in [0.25, 0.3) is 16.9 Å². The zero-order valence-corrected chi connectivity index (χ0v) is 13.3. The molecule has 0 saturated heterocycles. The molecule has 3 heteroatoms. The van der Waals surface area contributed by atoms with Crippen LogP contribution in [-0.4, -0.2) is 9.90 Å². The van der Waals surface area contributed by atoms with E-state index in [2.05, 4.69) is 71.5 Å². The number of hydrogen-bond acceptors (Lipinski definition) is 1. The van der Waals surface area contributed by atoms with E-state index in [0.29, 0.717) is 0 Å². The van der Waals surface area contributed by atoms with E-state index in [4.69, 9.17) is 5.21 Å². The maximum Gasteiger partial charge on any atom is 0.198 e. The van der Waals surface area contributed by atoms with Crippen molar-refractivity contribution in [3.05, 3.63) is 103 Å². The van der Waals surface area contributed by atoms with Crippen molar-refractivity contribution >= 4 is 0 Å². The molecule has 0 unspecified atom stereocenters. The molecule has 0 radical (unpaired) electrons. The Morgan fingerprint density at radius 2 is 1.29 bits per heavy atom. The van der Waals surface area contributed by atoms with E-state index in [1.54, 1.807) is 0 Å². The SMILES string of the molecule is c1ccc(C[n+]2nn(-c3ccccc3)cc2-c2ccccc2)cc1. The average molecular weight is 312 g/mol. The Bertz CT molecular complexity index is 913. The Kier molecular flexibility index (Phi) is 3.90. The lowest BCUT2D eigenvalue weighted by Gasteiger charge is -2.00. The standard InChI is InChI=1S/C21H18N3/c1-4-10-18(11-5-1)16-24-21(19-12-6-2-7-13-19)17-23(22-24)20-14-8-3-9-15-20/h1-15,17H,16H2/q+1. The molecule has 3 aromatic carbocycles. The van der Waals surface area contributed by atoms with Crippen LogP contribution in [0.3, 0.4) is 0 Å². The molecule has 0 aliphatic rings. The van der Waals surface area contributed by atoms with Crippen LogP contribution in [-0.2, 0) is 6.54 Å². The molecule has 0 bridgehead atoms. The smallest absolute Gasteiger partial charge is 0.124 e. The van der Waals surface area contributed by atoms with Crippen LogP contribution < -0.4 is 4.68 Å². The molecular formula is C21H18N3+. The lowest BCUT2D eigenvalue weighted by atomic mass is 10.1. The highest BCUT2D eigenvalue weighted by Crippen LogP contribution is 2.16. The first-order valence-electron chi connectivity index (χ1n) is 8.05. The van der Waals surface area contributed by atoms with Crippen LogP contribution in [0.1, 0.15) is 5.56 Å². The molecule has 0 aliphatic heterocycles. The summed E-state index contributed by atoms with van der Waals surface area (Å²) in [5.41, 5.74) is 4.55. The lowest BCUT2D eigenvalue weighted by Crippen LogP contribution is -2.39. The number of rotatable bonds is 4. The number of para-hydroxylation sites is 1. The highest BCUT2D eigenvalue weighted by Gasteiger charge is 2.19. The molecule has 4 rings (SSSR count). The van der Waals surface area contributed by atoms with Crippen LogP contribution in [0.4, 0.5) is 0 Å². The lowest BCUT2D eigenvalue weighted by molar-refractivity contribution is -0.737. The second-order valence-electron chi connectivity index (χ2n) is 5.69. The van der Waals surface area contributed by atoms with Gasteiger partial charge in [-0.1, -0.05) is 78.9 Å². The van der Waals surface area contributed by atoms with Gasteiger partial charge in [0.15, 0.2) is 17.6 Å². The molecule has 0 N–H and O–H groups in total. The van der Waals surface area contributed by atoms with E-state index in [9.17, 15) is 0 Å². The monoisotopic (exact) mass is 312 g/mol. The molecule has 4 aromatic rings. The van der Waals surface area contributed by atoms with Gasteiger partial charge in [0.25, 0.3) is 0 Å². The Labute approximate surface area is 141 Å². The quantitative estimate of drug-likeness (QED) is 0.524. The molecule has 0 amide bonds. The molecule has 0 atom stereocenters. The van der Waals surface area contributed by atoms with Crippen molar-refractivity contribution in [2.24, 2.45) is 0 Å². The van der Waals surface area contributed by atoms with E-state index in [0.717, 1.165) is 23.5 Å². The zero-order chi connectivity index (χ0) is 16.2. The van der Waals surface area contributed by atoms with E-state index >= 15 is 0 Å². The van der Waals surface area contributed by atoms with Crippen molar-refractivity contribution in [2.75, 3.05) is 0 Å². The fourth-order valence-corrected chi connectivity index (χ4v) is 2.79. The van der Waals surface area contributed by atoms with Crippen LogP contribution in [0, 0.1) is 0 Å². The fraction of sp³-hybridized carbons (Fsp3) is 0.0476. The summed E-state index contributed by atoms with van der Waals surface area (Å²) in [4.78, 5) is 0. The van der Waals surface area contributed by atoms with Gasteiger partial charge in [0.1, 0.15) is 6.54 Å². The normalized spacial score (nSPS) is 10.7. The molecule has 24 heavy (non-hydrogen) atoms. The average Bonchev–Trinajstić information content (AvgIpc) is 3.08. The molecule has 0 spiro atoms. The van der Waals surface area contributed by atoms with E-state index in [-0.39, 0.29) is 0 Å². The van der Waals surface area contributed by atoms with Crippen LogP contribution in [0.2, 0.25) is 0 Å². The molecule has 3 nitrogen and oxygen atoms in total. The second-order valence-corrected chi connectivity index (χ2v) is 5.69. The topological polar surface area (TPSA) is 21.7 Å². The summed E-state index contributed by atoms with van der Waals surface area (Å²) in [7, 11) is 0. The van der Waals surface area contributed by atoms with Gasteiger partial charge in [-0.3, -0.25) is 0 Å². The summed E-state index contributed by atoms with van der Waals surface area (Å²) in [6.07, 6.45) is 2.09. The van der Waals surface area contributed by atoms with Gasteiger partial charge in [-0.15, -0.1) is 9.36 Å². The van der Waals surface area contributed by atoms with Crippen molar-refractivity contribution in [3.8, 4) is 16.9 Å². The zero-order valence-electron chi connectivity index (χ0n) is 13.3. The van der Waals surface area contributed by atoms with Crippen molar-refractivity contribution < 1.29 is 4.68 Å². The van der Waals surface area contributed by atoms with E-state index in [1.807, 2.05) is 35.0 Å². The largest absolute Gasteiger partial charge is 0.198 e. The Hall–Kier alpha value is -3.20. The number of nitrogens with zero attached hydrogens (tertiary/aromatic N) is 3. The Balaban J connectivity index is 1.80. The maximum absolute atomic E-state index is 4.79. The van der Waals surface area contributed by atoms with Gasteiger partial charge in [-0.25, -0.2) is 0 Å². The summed E-state index contributed by atoms with van der Waals surface area (Å²) in [6, 6.07) is 31.0. The van der Waals surface area contributed by atoms with Crippen molar-refractivity contribution in [2.45, 2.75) is 6.54 Å².